The Morgan fingerprint density at radius 1 is 0.939 bits per heavy atom. The van der Waals surface area contributed by atoms with Crippen molar-refractivity contribution in [3.05, 3.63) is 35.4 Å². The number of carbonyl (C=O) groups is 4. The summed E-state index contributed by atoms with van der Waals surface area (Å²) < 4.78 is 0. The number of fused-ring (bicyclic) bond motifs is 1. The van der Waals surface area contributed by atoms with Crippen molar-refractivity contribution in [2.75, 3.05) is 39.3 Å². The minimum Gasteiger partial charge on any atom is -0.339 e. The molecule has 2 saturated heterocycles. The number of piperazine rings is 1. The van der Waals surface area contributed by atoms with Gasteiger partial charge in [0.05, 0.1) is 17.7 Å². The third-order valence-corrected chi connectivity index (χ3v) is 7.15. The second kappa shape index (κ2) is 9.63. The van der Waals surface area contributed by atoms with Crippen LogP contribution in [-0.4, -0.2) is 94.6 Å². The van der Waals surface area contributed by atoms with Gasteiger partial charge in [-0.1, -0.05) is 26.0 Å². The molecule has 1 aromatic carbocycles. The first-order valence-corrected chi connectivity index (χ1v) is 12.1. The van der Waals surface area contributed by atoms with Crippen LogP contribution in [0.25, 0.3) is 0 Å². The molecular formula is C25H34N4O4. The summed E-state index contributed by atoms with van der Waals surface area (Å²) in [4.78, 5) is 59.1. The number of nitrogens with zero attached hydrogens (tertiary/aromatic N) is 4. The standard InChI is InChI=1S/C25H34N4O4/c1-17(2)22(29-23(31)19-9-4-5-10-20(19)24(29)32)25(33)27-14-12-26(13-15-27)16-21(30)28-11-7-6-8-18(28)3/h4-5,9-10,17-18,22H,6-8,11-16H2,1-3H3. The van der Waals surface area contributed by atoms with Gasteiger partial charge in [-0.05, 0) is 44.2 Å². The maximum Gasteiger partial charge on any atom is 0.262 e. The van der Waals surface area contributed by atoms with Crippen molar-refractivity contribution in [1.82, 2.24) is 19.6 Å². The number of carbonyl (C=O) groups excluding carboxylic acids is 4. The van der Waals surface area contributed by atoms with Gasteiger partial charge >= 0.3 is 0 Å². The van der Waals surface area contributed by atoms with Crippen molar-refractivity contribution in [3.8, 4) is 0 Å². The number of rotatable bonds is 5. The van der Waals surface area contributed by atoms with E-state index in [0.29, 0.717) is 49.9 Å². The largest absolute Gasteiger partial charge is 0.339 e. The minimum absolute atomic E-state index is 0.160. The molecule has 8 heteroatoms. The van der Waals surface area contributed by atoms with Crippen molar-refractivity contribution in [3.63, 3.8) is 0 Å². The average Bonchev–Trinajstić information content (AvgIpc) is 3.05. The fourth-order valence-corrected chi connectivity index (χ4v) is 5.22. The SMILES string of the molecule is CC(C)C(C(=O)N1CCN(CC(=O)N2CCCCC2C)CC1)N1C(=O)c2ccccc2C1=O. The third kappa shape index (κ3) is 4.53. The molecule has 0 bridgehead atoms. The summed E-state index contributed by atoms with van der Waals surface area (Å²) in [5, 5.41) is 0. The first-order chi connectivity index (χ1) is 15.8. The number of imide groups is 1. The van der Waals surface area contributed by atoms with Crippen LogP contribution in [0, 0.1) is 5.92 Å². The summed E-state index contributed by atoms with van der Waals surface area (Å²) in [6.07, 6.45) is 3.30. The summed E-state index contributed by atoms with van der Waals surface area (Å²) in [7, 11) is 0. The fourth-order valence-electron chi connectivity index (χ4n) is 5.22. The molecule has 3 aliphatic rings. The smallest absolute Gasteiger partial charge is 0.262 e. The summed E-state index contributed by atoms with van der Waals surface area (Å²) in [5.74, 6) is -1.05. The third-order valence-electron chi connectivity index (χ3n) is 7.15. The molecule has 2 unspecified atom stereocenters. The van der Waals surface area contributed by atoms with Crippen LogP contribution in [0.3, 0.4) is 0 Å². The molecule has 4 rings (SSSR count). The van der Waals surface area contributed by atoms with E-state index in [4.69, 9.17) is 0 Å². The highest BCUT2D eigenvalue weighted by atomic mass is 16.2. The van der Waals surface area contributed by atoms with E-state index in [1.165, 1.54) is 6.42 Å². The second-order valence-corrected chi connectivity index (χ2v) is 9.75. The van der Waals surface area contributed by atoms with E-state index in [-0.39, 0.29) is 17.7 Å². The highest BCUT2D eigenvalue weighted by molar-refractivity contribution is 6.22. The highest BCUT2D eigenvalue weighted by Gasteiger charge is 2.45. The van der Waals surface area contributed by atoms with E-state index in [0.717, 1.165) is 24.3 Å². The molecule has 0 aromatic heterocycles. The van der Waals surface area contributed by atoms with Crippen molar-refractivity contribution in [1.29, 1.82) is 0 Å². The van der Waals surface area contributed by atoms with E-state index in [1.807, 2.05) is 18.7 Å². The highest BCUT2D eigenvalue weighted by Crippen LogP contribution is 2.28. The van der Waals surface area contributed by atoms with E-state index >= 15 is 0 Å². The van der Waals surface area contributed by atoms with Gasteiger partial charge in [-0.15, -0.1) is 0 Å². The Balaban J connectivity index is 1.38. The van der Waals surface area contributed by atoms with Crippen LogP contribution in [-0.2, 0) is 9.59 Å². The van der Waals surface area contributed by atoms with Gasteiger partial charge in [-0.25, -0.2) is 0 Å². The Kier molecular flexibility index (Phi) is 6.83. The number of piperidine rings is 1. The van der Waals surface area contributed by atoms with Crippen LogP contribution in [0.5, 0.6) is 0 Å². The van der Waals surface area contributed by atoms with E-state index in [9.17, 15) is 19.2 Å². The molecule has 0 spiro atoms. The van der Waals surface area contributed by atoms with Gasteiger partial charge in [-0.3, -0.25) is 29.0 Å². The molecule has 33 heavy (non-hydrogen) atoms. The lowest BCUT2D eigenvalue weighted by Crippen LogP contribution is -2.58. The molecular weight excluding hydrogens is 420 g/mol. The minimum atomic E-state index is -0.834. The van der Waals surface area contributed by atoms with Crippen LogP contribution in [0.2, 0.25) is 0 Å². The van der Waals surface area contributed by atoms with Gasteiger partial charge < -0.3 is 9.80 Å². The Labute approximate surface area is 195 Å². The zero-order valence-corrected chi connectivity index (χ0v) is 19.8. The van der Waals surface area contributed by atoms with Crippen molar-refractivity contribution in [2.24, 2.45) is 5.92 Å². The zero-order chi connectivity index (χ0) is 23.7. The normalized spacial score (nSPS) is 22.7. The molecule has 4 amide bonds. The van der Waals surface area contributed by atoms with Gasteiger partial charge in [0.15, 0.2) is 0 Å². The van der Waals surface area contributed by atoms with Gasteiger partial charge in [0.25, 0.3) is 11.8 Å². The van der Waals surface area contributed by atoms with Gasteiger partial charge in [0, 0.05) is 38.8 Å². The lowest BCUT2D eigenvalue weighted by atomic mass is 10.0. The molecule has 3 aliphatic heterocycles. The van der Waals surface area contributed by atoms with Crippen LogP contribution >= 0.6 is 0 Å². The molecule has 3 heterocycles. The fraction of sp³-hybridized carbons (Fsp3) is 0.600. The van der Waals surface area contributed by atoms with Crippen LogP contribution < -0.4 is 0 Å². The van der Waals surface area contributed by atoms with Crippen LogP contribution in [0.4, 0.5) is 0 Å². The maximum atomic E-state index is 13.5. The molecule has 8 nitrogen and oxygen atoms in total. The molecule has 2 fully saturated rings. The second-order valence-electron chi connectivity index (χ2n) is 9.75. The molecule has 0 N–H and O–H groups in total. The zero-order valence-electron chi connectivity index (χ0n) is 19.8. The molecule has 0 aliphatic carbocycles. The molecule has 2 atom stereocenters. The lowest BCUT2D eigenvalue weighted by Gasteiger charge is -2.40. The Bertz CT molecular complexity index is 903. The van der Waals surface area contributed by atoms with E-state index in [2.05, 4.69) is 11.8 Å². The number of benzene rings is 1. The van der Waals surface area contributed by atoms with Gasteiger partial charge in [-0.2, -0.15) is 0 Å². The Morgan fingerprint density at radius 2 is 1.55 bits per heavy atom. The summed E-state index contributed by atoms with van der Waals surface area (Å²) in [6.45, 7) is 9.20. The number of hydrogen-bond acceptors (Lipinski definition) is 5. The summed E-state index contributed by atoms with van der Waals surface area (Å²) in [5.41, 5.74) is 0.715. The summed E-state index contributed by atoms with van der Waals surface area (Å²) in [6, 6.07) is 6.18. The Hall–Kier alpha value is -2.74. The first kappa shape index (κ1) is 23.4. The summed E-state index contributed by atoms with van der Waals surface area (Å²) >= 11 is 0. The molecule has 0 saturated carbocycles. The lowest BCUT2D eigenvalue weighted by molar-refractivity contribution is -0.140. The monoisotopic (exact) mass is 454 g/mol. The molecule has 178 valence electrons. The van der Waals surface area contributed by atoms with Crippen LogP contribution in [0.1, 0.15) is 60.7 Å². The number of likely N-dealkylation sites (tertiary alicyclic amines) is 1. The van der Waals surface area contributed by atoms with Crippen molar-refractivity contribution in [2.45, 2.75) is 52.1 Å². The first-order valence-electron chi connectivity index (χ1n) is 12.1. The number of hydrogen-bond donors (Lipinski definition) is 0. The van der Waals surface area contributed by atoms with Crippen molar-refractivity contribution < 1.29 is 19.2 Å². The van der Waals surface area contributed by atoms with Crippen LogP contribution in [0.15, 0.2) is 24.3 Å². The predicted octanol–water partition coefficient (Wildman–Crippen LogP) is 1.85. The topological polar surface area (TPSA) is 81.2 Å². The molecule has 0 radical (unpaired) electrons. The quantitative estimate of drug-likeness (QED) is 0.635. The number of amides is 4. The van der Waals surface area contributed by atoms with Crippen molar-refractivity contribution >= 4 is 23.6 Å². The maximum absolute atomic E-state index is 13.5. The predicted molar refractivity (Wildman–Crippen MR) is 124 cm³/mol. The average molecular weight is 455 g/mol. The van der Waals surface area contributed by atoms with E-state index in [1.54, 1.807) is 29.2 Å². The van der Waals surface area contributed by atoms with Gasteiger partial charge in [0.1, 0.15) is 6.04 Å². The van der Waals surface area contributed by atoms with Gasteiger partial charge in [0.2, 0.25) is 11.8 Å². The molecule has 1 aromatic rings. The van der Waals surface area contributed by atoms with E-state index < -0.39 is 17.9 Å². The Morgan fingerprint density at radius 3 is 2.09 bits per heavy atom.